The summed E-state index contributed by atoms with van der Waals surface area (Å²) in [4.78, 5) is 25.9. The van der Waals surface area contributed by atoms with Crippen molar-refractivity contribution >= 4 is 33.5 Å². The highest BCUT2D eigenvalue weighted by molar-refractivity contribution is 7.86. The molecule has 0 aliphatic carbocycles. The third-order valence-electron chi connectivity index (χ3n) is 5.08. The van der Waals surface area contributed by atoms with E-state index in [0.29, 0.717) is 50.8 Å². The first-order valence-corrected chi connectivity index (χ1v) is 11.5. The first kappa shape index (κ1) is 22.5. The van der Waals surface area contributed by atoms with Crippen LogP contribution in [0.15, 0.2) is 24.3 Å². The molecule has 2 heterocycles. The standard InChI is InChI=1S/C19H29N5O5S/c1-15(2)18(25)20-16-3-5-17(6-4-16)21-19(26)22-7-9-23(10-8-22)30(27,28)24-11-13-29-14-12-24/h3-6,15H,7-14H2,1-2H3,(H,20,25)(H,21,26). The number of carbonyl (C=O) groups excluding carboxylic acids is 2. The molecule has 0 radical (unpaired) electrons. The van der Waals surface area contributed by atoms with Gasteiger partial charge < -0.3 is 20.3 Å². The Kier molecular flexibility index (Phi) is 7.29. The van der Waals surface area contributed by atoms with Gasteiger partial charge in [0.25, 0.3) is 10.2 Å². The highest BCUT2D eigenvalue weighted by atomic mass is 32.2. The first-order chi connectivity index (χ1) is 14.3. The fourth-order valence-corrected chi connectivity index (χ4v) is 4.75. The largest absolute Gasteiger partial charge is 0.379 e. The van der Waals surface area contributed by atoms with Crippen LogP contribution in [-0.4, -0.2) is 86.3 Å². The van der Waals surface area contributed by atoms with Crippen LogP contribution in [0.25, 0.3) is 0 Å². The van der Waals surface area contributed by atoms with Crippen LogP contribution in [0.5, 0.6) is 0 Å². The van der Waals surface area contributed by atoms with E-state index in [1.165, 1.54) is 8.61 Å². The van der Waals surface area contributed by atoms with Crippen LogP contribution >= 0.6 is 0 Å². The molecule has 0 unspecified atom stereocenters. The Morgan fingerprint density at radius 3 is 1.90 bits per heavy atom. The summed E-state index contributed by atoms with van der Waals surface area (Å²) in [6, 6.07) is 6.60. The van der Waals surface area contributed by atoms with Crippen molar-refractivity contribution < 1.29 is 22.7 Å². The van der Waals surface area contributed by atoms with Crippen LogP contribution in [-0.2, 0) is 19.7 Å². The fourth-order valence-electron chi connectivity index (χ4n) is 3.19. The SMILES string of the molecule is CC(C)C(=O)Nc1ccc(NC(=O)N2CCN(S(=O)(=O)N3CCOCC3)CC2)cc1. The van der Waals surface area contributed by atoms with Crippen molar-refractivity contribution in [3.8, 4) is 0 Å². The van der Waals surface area contributed by atoms with Crippen LogP contribution in [0.4, 0.5) is 16.2 Å². The van der Waals surface area contributed by atoms with Crippen molar-refractivity contribution in [2.24, 2.45) is 5.92 Å². The summed E-state index contributed by atoms with van der Waals surface area (Å²) in [5.41, 5.74) is 1.26. The van der Waals surface area contributed by atoms with Crippen molar-refractivity contribution in [2.45, 2.75) is 13.8 Å². The van der Waals surface area contributed by atoms with Gasteiger partial charge >= 0.3 is 6.03 Å². The Morgan fingerprint density at radius 2 is 1.37 bits per heavy atom. The number of rotatable bonds is 5. The maximum absolute atomic E-state index is 12.7. The molecular formula is C19H29N5O5S. The average molecular weight is 440 g/mol. The third-order valence-corrected chi connectivity index (χ3v) is 7.11. The molecule has 3 amide bonds. The molecule has 2 aliphatic heterocycles. The molecule has 1 aromatic carbocycles. The molecule has 0 bridgehead atoms. The monoisotopic (exact) mass is 439 g/mol. The third kappa shape index (κ3) is 5.48. The van der Waals surface area contributed by atoms with Gasteiger partial charge in [-0.25, -0.2) is 4.79 Å². The lowest BCUT2D eigenvalue weighted by atomic mass is 10.2. The second kappa shape index (κ2) is 9.73. The lowest BCUT2D eigenvalue weighted by molar-refractivity contribution is -0.118. The molecule has 0 atom stereocenters. The Balaban J connectivity index is 1.50. The molecule has 0 aromatic heterocycles. The van der Waals surface area contributed by atoms with Gasteiger partial charge in [-0.2, -0.15) is 17.0 Å². The topological polar surface area (TPSA) is 111 Å². The Bertz CT molecular complexity index is 845. The maximum Gasteiger partial charge on any atom is 0.321 e. The molecule has 0 saturated carbocycles. The molecule has 10 nitrogen and oxygen atoms in total. The van der Waals surface area contributed by atoms with Crippen LogP contribution in [0.3, 0.4) is 0 Å². The van der Waals surface area contributed by atoms with E-state index in [4.69, 9.17) is 4.74 Å². The number of morpholine rings is 1. The fraction of sp³-hybridized carbons (Fsp3) is 0.579. The van der Waals surface area contributed by atoms with Crippen LogP contribution < -0.4 is 10.6 Å². The highest BCUT2D eigenvalue weighted by Crippen LogP contribution is 2.17. The van der Waals surface area contributed by atoms with E-state index in [9.17, 15) is 18.0 Å². The van der Waals surface area contributed by atoms with Crippen molar-refractivity contribution in [1.29, 1.82) is 0 Å². The van der Waals surface area contributed by atoms with Crippen molar-refractivity contribution in [1.82, 2.24) is 13.5 Å². The molecule has 166 valence electrons. The predicted octanol–water partition coefficient (Wildman–Crippen LogP) is 1.01. The molecule has 11 heteroatoms. The number of ether oxygens (including phenoxy) is 1. The van der Waals surface area contributed by atoms with Crippen LogP contribution in [0.1, 0.15) is 13.8 Å². The van der Waals surface area contributed by atoms with E-state index < -0.39 is 10.2 Å². The van der Waals surface area contributed by atoms with E-state index in [0.717, 1.165) is 0 Å². The molecule has 2 fully saturated rings. The smallest absolute Gasteiger partial charge is 0.321 e. The summed E-state index contributed by atoms with van der Waals surface area (Å²) >= 11 is 0. The highest BCUT2D eigenvalue weighted by Gasteiger charge is 2.34. The molecule has 2 saturated heterocycles. The van der Waals surface area contributed by atoms with Gasteiger partial charge in [-0.05, 0) is 24.3 Å². The van der Waals surface area contributed by atoms with Gasteiger partial charge in [-0.3, -0.25) is 4.79 Å². The minimum absolute atomic E-state index is 0.0725. The number of nitrogens with zero attached hydrogens (tertiary/aromatic N) is 3. The zero-order chi connectivity index (χ0) is 21.7. The number of carbonyl (C=O) groups is 2. The number of amides is 3. The van der Waals surface area contributed by atoms with E-state index in [1.54, 1.807) is 29.2 Å². The molecule has 3 rings (SSSR count). The summed E-state index contributed by atoms with van der Waals surface area (Å²) in [5.74, 6) is -0.188. The number of benzene rings is 1. The normalized spacial score (nSPS) is 19.0. The van der Waals surface area contributed by atoms with Crippen molar-refractivity contribution in [3.05, 3.63) is 24.3 Å². The summed E-state index contributed by atoms with van der Waals surface area (Å²) in [5, 5.41) is 5.61. The number of nitrogens with one attached hydrogen (secondary N) is 2. The lowest BCUT2D eigenvalue weighted by Crippen LogP contribution is -2.56. The Morgan fingerprint density at radius 1 is 0.867 bits per heavy atom. The zero-order valence-corrected chi connectivity index (χ0v) is 18.2. The summed E-state index contributed by atoms with van der Waals surface area (Å²) in [6.45, 7) is 6.30. The number of hydrogen-bond acceptors (Lipinski definition) is 5. The molecule has 30 heavy (non-hydrogen) atoms. The zero-order valence-electron chi connectivity index (χ0n) is 17.3. The summed E-state index contributed by atoms with van der Waals surface area (Å²) in [7, 11) is -3.52. The second-order valence-electron chi connectivity index (χ2n) is 7.56. The van der Waals surface area contributed by atoms with Crippen molar-refractivity contribution in [3.63, 3.8) is 0 Å². The van der Waals surface area contributed by atoms with Gasteiger partial charge in [0.05, 0.1) is 13.2 Å². The maximum atomic E-state index is 12.7. The molecule has 0 spiro atoms. The number of urea groups is 1. The van der Waals surface area contributed by atoms with E-state index >= 15 is 0 Å². The van der Waals surface area contributed by atoms with Gasteiger partial charge in [0, 0.05) is 56.6 Å². The molecule has 2 aliphatic rings. The van der Waals surface area contributed by atoms with Gasteiger partial charge in [-0.1, -0.05) is 13.8 Å². The number of piperazine rings is 1. The Labute approximate surface area is 177 Å². The van der Waals surface area contributed by atoms with E-state index in [-0.39, 0.29) is 30.9 Å². The Hall–Kier alpha value is -2.21. The predicted molar refractivity (Wildman–Crippen MR) is 113 cm³/mol. The average Bonchev–Trinajstić information content (AvgIpc) is 2.75. The quantitative estimate of drug-likeness (QED) is 0.711. The lowest BCUT2D eigenvalue weighted by Gasteiger charge is -2.37. The van der Waals surface area contributed by atoms with Crippen LogP contribution in [0.2, 0.25) is 0 Å². The summed E-state index contributed by atoms with van der Waals surface area (Å²) in [6.07, 6.45) is 0. The van der Waals surface area contributed by atoms with Crippen LogP contribution in [0, 0.1) is 5.92 Å². The molecule has 1 aromatic rings. The minimum atomic E-state index is -3.52. The van der Waals surface area contributed by atoms with Gasteiger partial charge in [0.15, 0.2) is 0 Å². The minimum Gasteiger partial charge on any atom is -0.379 e. The van der Waals surface area contributed by atoms with E-state index in [2.05, 4.69) is 10.6 Å². The molecule has 2 N–H and O–H groups in total. The summed E-state index contributed by atoms with van der Waals surface area (Å²) < 4.78 is 33.5. The molecular weight excluding hydrogens is 410 g/mol. The first-order valence-electron chi connectivity index (χ1n) is 10.1. The van der Waals surface area contributed by atoms with E-state index in [1.807, 2.05) is 13.8 Å². The van der Waals surface area contributed by atoms with Gasteiger partial charge in [0.2, 0.25) is 5.91 Å². The van der Waals surface area contributed by atoms with Gasteiger partial charge in [0.1, 0.15) is 0 Å². The van der Waals surface area contributed by atoms with Crippen molar-refractivity contribution in [2.75, 3.05) is 63.1 Å². The second-order valence-corrected chi connectivity index (χ2v) is 9.49. The van der Waals surface area contributed by atoms with Gasteiger partial charge in [-0.15, -0.1) is 0 Å². The number of hydrogen-bond donors (Lipinski definition) is 2. The number of anilines is 2.